The highest BCUT2D eigenvalue weighted by Crippen LogP contribution is 2.23. The number of carbonyl (C=O) groups is 3. The Morgan fingerprint density at radius 2 is 1.74 bits per heavy atom. The molecule has 0 bridgehead atoms. The Morgan fingerprint density at radius 1 is 1.05 bits per heavy atom. The summed E-state index contributed by atoms with van der Waals surface area (Å²) in [6.45, 7) is -0.693. The van der Waals surface area contributed by atoms with Crippen molar-refractivity contribution in [3.05, 3.63) is 98.7 Å². The molecule has 2 heterocycles. The van der Waals surface area contributed by atoms with Crippen molar-refractivity contribution in [1.82, 2.24) is 14.9 Å². The first kappa shape index (κ1) is 26.4. The fraction of sp³-hybridized carbons (Fsp3) is 0.200. The van der Waals surface area contributed by atoms with Crippen LogP contribution in [-0.2, 0) is 11.3 Å². The predicted octanol–water partition coefficient (Wildman–Crippen LogP) is 1.74. The normalized spacial score (nSPS) is 12.9. The largest absolute Gasteiger partial charge is 0.502 e. The molecule has 0 fully saturated rings. The lowest BCUT2D eigenvalue weighted by Gasteiger charge is -2.38. The van der Waals surface area contributed by atoms with Crippen LogP contribution in [0.25, 0.3) is 0 Å². The molecule has 1 aliphatic heterocycles. The molecule has 2 N–H and O–H groups in total. The van der Waals surface area contributed by atoms with Crippen molar-refractivity contribution in [2.24, 2.45) is 0 Å². The second-order valence-corrected chi connectivity index (χ2v) is 8.25. The molecule has 0 aliphatic carbocycles. The van der Waals surface area contributed by atoms with Gasteiger partial charge in [-0.15, -0.1) is 0 Å². The Kier molecular flexibility index (Phi) is 7.48. The Bertz CT molecular complexity index is 1480. The molecular weight excluding hydrogens is 509 g/mol. The lowest BCUT2D eigenvalue weighted by Crippen LogP contribution is -2.57. The molecule has 0 atom stereocenters. The summed E-state index contributed by atoms with van der Waals surface area (Å²) in [5, 5.41) is 14.0. The minimum Gasteiger partial charge on any atom is -0.502 e. The summed E-state index contributed by atoms with van der Waals surface area (Å²) in [5.74, 6) is -6.00. The van der Waals surface area contributed by atoms with Crippen molar-refractivity contribution in [2.45, 2.75) is 6.54 Å². The Hall–Kier alpha value is -4.65. The SMILES string of the molecule is COCCN1CN(C(=O)c2ccc(F)cc2)n2cc(C(=O)NCc3ccc(F)cc3F)c(=O)c(O)c2C1=O. The molecule has 0 unspecified atom stereocenters. The number of halogens is 3. The smallest absolute Gasteiger partial charge is 0.278 e. The van der Waals surface area contributed by atoms with E-state index in [-0.39, 0.29) is 30.9 Å². The van der Waals surface area contributed by atoms with Crippen molar-refractivity contribution >= 4 is 17.7 Å². The number of aromatic nitrogens is 1. The molecule has 10 nitrogen and oxygen atoms in total. The molecule has 38 heavy (non-hydrogen) atoms. The number of nitrogens with zero attached hydrogens (tertiary/aromatic N) is 3. The van der Waals surface area contributed by atoms with E-state index in [4.69, 9.17) is 4.74 Å². The Balaban J connectivity index is 1.74. The van der Waals surface area contributed by atoms with Crippen LogP contribution in [0.3, 0.4) is 0 Å². The molecule has 0 radical (unpaired) electrons. The summed E-state index contributed by atoms with van der Waals surface area (Å²) in [6, 6.07) is 7.26. The van der Waals surface area contributed by atoms with Crippen LogP contribution in [0.1, 0.15) is 36.8 Å². The molecule has 1 aromatic heterocycles. The first-order valence-corrected chi connectivity index (χ1v) is 11.2. The fourth-order valence-electron chi connectivity index (χ4n) is 3.80. The van der Waals surface area contributed by atoms with E-state index in [1.54, 1.807) is 0 Å². The second-order valence-electron chi connectivity index (χ2n) is 8.25. The zero-order chi connectivity index (χ0) is 27.6. The molecule has 0 spiro atoms. The monoisotopic (exact) mass is 530 g/mol. The van der Waals surface area contributed by atoms with E-state index in [1.165, 1.54) is 19.2 Å². The number of ether oxygens (including phenoxy) is 1. The van der Waals surface area contributed by atoms with E-state index in [9.17, 15) is 37.5 Å². The molecule has 3 aromatic rings. The van der Waals surface area contributed by atoms with E-state index in [0.717, 1.165) is 45.0 Å². The number of nitrogens with one attached hydrogen (secondary N) is 1. The first-order chi connectivity index (χ1) is 18.1. The van der Waals surface area contributed by atoms with Gasteiger partial charge in [-0.2, -0.15) is 0 Å². The third-order valence-electron chi connectivity index (χ3n) is 5.81. The summed E-state index contributed by atoms with van der Waals surface area (Å²) in [6.07, 6.45) is 0.903. The number of pyridine rings is 1. The van der Waals surface area contributed by atoms with Crippen LogP contribution in [0.15, 0.2) is 53.5 Å². The topological polar surface area (TPSA) is 121 Å². The van der Waals surface area contributed by atoms with E-state index >= 15 is 0 Å². The summed E-state index contributed by atoms with van der Waals surface area (Å²) in [4.78, 5) is 53.3. The number of amides is 3. The van der Waals surface area contributed by atoms with Gasteiger partial charge in [0.2, 0.25) is 5.43 Å². The van der Waals surface area contributed by atoms with Gasteiger partial charge in [0.05, 0.1) is 6.61 Å². The van der Waals surface area contributed by atoms with Gasteiger partial charge >= 0.3 is 0 Å². The second kappa shape index (κ2) is 10.8. The van der Waals surface area contributed by atoms with Crippen LogP contribution in [0.2, 0.25) is 0 Å². The van der Waals surface area contributed by atoms with Crippen molar-refractivity contribution in [3.63, 3.8) is 0 Å². The average Bonchev–Trinajstić information content (AvgIpc) is 2.89. The van der Waals surface area contributed by atoms with Gasteiger partial charge in [-0.3, -0.25) is 19.2 Å². The highest BCUT2D eigenvalue weighted by molar-refractivity contribution is 6.05. The molecule has 1 aliphatic rings. The molecule has 2 aromatic carbocycles. The van der Waals surface area contributed by atoms with Crippen LogP contribution < -0.4 is 15.8 Å². The molecule has 0 saturated heterocycles. The van der Waals surface area contributed by atoms with E-state index in [1.807, 2.05) is 0 Å². The Labute approximate surface area is 213 Å². The van der Waals surface area contributed by atoms with E-state index in [0.29, 0.717) is 6.07 Å². The summed E-state index contributed by atoms with van der Waals surface area (Å²) in [7, 11) is 1.40. The maximum absolute atomic E-state index is 14.0. The number of carbonyl (C=O) groups excluding carboxylic acids is 3. The number of methoxy groups -OCH3 is 1. The number of rotatable bonds is 7. The molecule has 3 amide bonds. The Morgan fingerprint density at radius 3 is 2.39 bits per heavy atom. The third-order valence-corrected chi connectivity index (χ3v) is 5.81. The summed E-state index contributed by atoms with van der Waals surface area (Å²) < 4.78 is 46.4. The van der Waals surface area contributed by atoms with E-state index in [2.05, 4.69) is 5.32 Å². The lowest BCUT2D eigenvalue weighted by molar-refractivity contribution is 0.0603. The standard InChI is InChI=1S/C25H21F3N4O6/c1-38-9-8-30-13-32(24(36)14-2-5-16(26)6-3-14)31-12-18(21(33)22(34)20(31)25(30)37)23(35)29-11-15-4-7-17(27)10-19(15)28/h2-7,10,12,34H,8-9,11,13H2,1H3,(H,29,35). The minimum absolute atomic E-state index is 0.00162. The van der Waals surface area contributed by atoms with Gasteiger partial charge in [-0.1, -0.05) is 6.07 Å². The molecule has 13 heteroatoms. The van der Waals surface area contributed by atoms with Crippen LogP contribution in [-0.4, -0.2) is 59.3 Å². The van der Waals surface area contributed by atoms with E-state index < -0.39 is 64.2 Å². The van der Waals surface area contributed by atoms with Gasteiger partial charge < -0.3 is 20.1 Å². The van der Waals surface area contributed by atoms with Crippen LogP contribution >= 0.6 is 0 Å². The van der Waals surface area contributed by atoms with Gasteiger partial charge in [0.25, 0.3) is 17.7 Å². The van der Waals surface area contributed by atoms with Crippen LogP contribution in [0.5, 0.6) is 5.75 Å². The zero-order valence-corrected chi connectivity index (χ0v) is 19.9. The molecular formula is C25H21F3N4O6. The molecule has 4 rings (SSSR count). The fourth-order valence-corrected chi connectivity index (χ4v) is 3.80. The first-order valence-electron chi connectivity index (χ1n) is 11.2. The maximum atomic E-state index is 14.0. The maximum Gasteiger partial charge on any atom is 0.278 e. The van der Waals surface area contributed by atoms with Crippen LogP contribution in [0, 0.1) is 17.5 Å². The number of hydrogen-bond acceptors (Lipinski definition) is 6. The van der Waals surface area contributed by atoms with Crippen LogP contribution in [0.4, 0.5) is 13.2 Å². The van der Waals surface area contributed by atoms with Gasteiger partial charge in [0, 0.05) is 43.6 Å². The zero-order valence-electron chi connectivity index (χ0n) is 19.9. The molecule has 0 saturated carbocycles. The molecule has 198 valence electrons. The highest BCUT2D eigenvalue weighted by atomic mass is 19.1. The van der Waals surface area contributed by atoms with Gasteiger partial charge in [-0.25, -0.2) is 22.9 Å². The number of hydrogen-bond donors (Lipinski definition) is 2. The van der Waals surface area contributed by atoms with Gasteiger partial charge in [0.15, 0.2) is 11.4 Å². The minimum atomic E-state index is -1.20. The highest BCUT2D eigenvalue weighted by Gasteiger charge is 2.37. The van der Waals surface area contributed by atoms with Gasteiger partial charge in [0.1, 0.15) is 29.7 Å². The third kappa shape index (κ3) is 5.09. The quantitative estimate of drug-likeness (QED) is 0.480. The summed E-state index contributed by atoms with van der Waals surface area (Å²) in [5.41, 5.74) is -2.48. The van der Waals surface area contributed by atoms with Crippen molar-refractivity contribution < 1.29 is 37.4 Å². The number of fused-ring (bicyclic) bond motifs is 1. The van der Waals surface area contributed by atoms with Crippen molar-refractivity contribution in [2.75, 3.05) is 31.9 Å². The average molecular weight is 530 g/mol. The predicted molar refractivity (Wildman–Crippen MR) is 127 cm³/mol. The van der Waals surface area contributed by atoms with Gasteiger partial charge in [-0.05, 0) is 30.3 Å². The summed E-state index contributed by atoms with van der Waals surface area (Å²) >= 11 is 0. The lowest BCUT2D eigenvalue weighted by atomic mass is 10.1. The number of benzene rings is 2. The van der Waals surface area contributed by atoms with Crippen molar-refractivity contribution in [1.29, 1.82) is 0 Å². The van der Waals surface area contributed by atoms with Crippen molar-refractivity contribution in [3.8, 4) is 5.75 Å². The number of aromatic hydroxyl groups is 1.